The highest BCUT2D eigenvalue weighted by Gasteiger charge is 2.38. The Balaban J connectivity index is 1.33. The Morgan fingerprint density at radius 1 is 0.851 bits per heavy atom. The zero-order chi connectivity index (χ0) is 33.8. The molecule has 1 amide bonds. The van der Waals surface area contributed by atoms with Crippen molar-refractivity contribution in [3.05, 3.63) is 129 Å². The number of aliphatic hydroxyl groups excluding tert-OH is 1. The Kier molecular flexibility index (Phi) is 10.5. The number of carbonyl (C=O) groups is 2. The number of benzene rings is 3. The van der Waals surface area contributed by atoms with Crippen molar-refractivity contribution in [2.75, 3.05) is 5.75 Å². The van der Waals surface area contributed by atoms with E-state index >= 15 is 0 Å². The number of amides is 1. The molecule has 3 N–H and O–H groups in total. The van der Waals surface area contributed by atoms with Gasteiger partial charge in [0.2, 0.25) is 5.82 Å². The van der Waals surface area contributed by atoms with E-state index in [1.807, 2.05) is 19.1 Å². The second-order valence-corrected chi connectivity index (χ2v) is 11.7. The molecule has 47 heavy (non-hydrogen) atoms. The van der Waals surface area contributed by atoms with Crippen LogP contribution in [0.1, 0.15) is 62.3 Å². The van der Waals surface area contributed by atoms with Gasteiger partial charge in [0.1, 0.15) is 10.6 Å². The quantitative estimate of drug-likeness (QED) is 0.0758. The average Bonchev–Trinajstić information content (AvgIpc) is 3.09. The molecule has 1 aliphatic rings. The van der Waals surface area contributed by atoms with Crippen LogP contribution in [0.25, 0.3) is 0 Å². The minimum Gasteiger partial charge on any atom is -0.478 e. The lowest BCUT2D eigenvalue weighted by atomic mass is 9.91. The summed E-state index contributed by atoms with van der Waals surface area (Å²) in [5.41, 5.74) is 1.04. The monoisotopic (exact) mass is 674 g/mol. The Hall–Kier alpha value is -4.37. The zero-order valence-corrected chi connectivity index (χ0v) is 25.4. The Bertz CT molecular complexity index is 1750. The van der Waals surface area contributed by atoms with Gasteiger partial charge in [-0.3, -0.25) is 4.79 Å². The molecule has 246 valence electrons. The van der Waals surface area contributed by atoms with Crippen molar-refractivity contribution in [2.24, 2.45) is 5.92 Å². The third-order valence-corrected chi connectivity index (χ3v) is 8.75. The maximum atomic E-state index is 14.0. The van der Waals surface area contributed by atoms with E-state index in [1.165, 1.54) is 30.1 Å². The molecule has 8 nitrogen and oxygen atoms in total. The Morgan fingerprint density at radius 3 is 2.06 bits per heavy atom. The molecule has 14 heteroatoms. The van der Waals surface area contributed by atoms with E-state index < -0.39 is 65.0 Å². The van der Waals surface area contributed by atoms with Crippen LogP contribution in [0.2, 0.25) is 0 Å². The number of ether oxygens (including phenoxy) is 2. The van der Waals surface area contributed by atoms with Gasteiger partial charge in [-0.2, -0.15) is 0 Å². The summed E-state index contributed by atoms with van der Waals surface area (Å²) in [6.07, 6.45) is -0.288. The van der Waals surface area contributed by atoms with E-state index in [-0.39, 0.29) is 24.6 Å². The number of carbonyl (C=O) groups excluding carboxylic acids is 1. The molecule has 4 unspecified atom stereocenters. The minimum atomic E-state index is -2.36. The second-order valence-electron chi connectivity index (χ2n) is 10.7. The van der Waals surface area contributed by atoms with Gasteiger partial charge in [-0.1, -0.05) is 55.5 Å². The number of aliphatic hydroxyl groups is 1. The predicted octanol–water partition coefficient (Wildman–Crippen LogP) is 6.48. The zero-order valence-electron chi connectivity index (χ0n) is 24.6. The number of aromatic carboxylic acids is 1. The summed E-state index contributed by atoms with van der Waals surface area (Å²) in [5.74, 6) is -13.7. The first-order chi connectivity index (χ1) is 22.5. The van der Waals surface area contributed by atoms with E-state index in [1.54, 1.807) is 36.4 Å². The molecule has 1 aromatic heterocycles. The second kappa shape index (κ2) is 14.6. The maximum absolute atomic E-state index is 14.0. The smallest absolute Gasteiger partial charge is 0.338 e. The van der Waals surface area contributed by atoms with Crippen molar-refractivity contribution >= 4 is 23.6 Å². The lowest BCUT2D eigenvalue weighted by molar-refractivity contribution is -0.268. The third-order valence-electron chi connectivity index (χ3n) is 7.65. The van der Waals surface area contributed by atoms with Crippen LogP contribution in [0.4, 0.5) is 22.0 Å². The van der Waals surface area contributed by atoms with E-state index in [0.29, 0.717) is 21.9 Å². The summed E-state index contributed by atoms with van der Waals surface area (Å²) in [6.45, 7) is 1.52. The lowest BCUT2D eigenvalue weighted by Crippen LogP contribution is -2.38. The fraction of sp³-hybridized carbons (Fsp3) is 0.242. The van der Waals surface area contributed by atoms with Gasteiger partial charge in [-0.15, -0.1) is 11.8 Å². The number of rotatable bonds is 10. The van der Waals surface area contributed by atoms with Crippen molar-refractivity contribution in [3.8, 4) is 0 Å². The lowest BCUT2D eigenvalue weighted by Gasteiger charge is -2.41. The van der Waals surface area contributed by atoms with Crippen LogP contribution in [0.15, 0.2) is 71.9 Å². The predicted molar refractivity (Wildman–Crippen MR) is 159 cm³/mol. The Labute approximate surface area is 269 Å². The molecule has 1 saturated heterocycles. The summed E-state index contributed by atoms with van der Waals surface area (Å²) in [6, 6.07) is 16.7. The number of aromatic nitrogens is 1. The van der Waals surface area contributed by atoms with Gasteiger partial charge in [-0.05, 0) is 28.8 Å². The van der Waals surface area contributed by atoms with Crippen molar-refractivity contribution in [3.63, 3.8) is 0 Å². The molecule has 4 aromatic rings. The normalized spacial score (nSPS) is 19.4. The third kappa shape index (κ3) is 7.30. The number of hydrogen-bond donors (Lipinski definition) is 3. The number of hydrogen-bond acceptors (Lipinski definition) is 7. The summed E-state index contributed by atoms with van der Waals surface area (Å²) < 4.78 is 81.3. The van der Waals surface area contributed by atoms with Crippen LogP contribution in [0, 0.1) is 35.0 Å². The number of carboxylic acids is 1. The Morgan fingerprint density at radius 2 is 1.45 bits per heavy atom. The first-order valence-corrected chi connectivity index (χ1v) is 15.2. The number of halogens is 5. The number of carboxylic acid groups (broad SMARTS) is 1. The first-order valence-electron chi connectivity index (χ1n) is 14.2. The summed E-state index contributed by atoms with van der Waals surface area (Å²) >= 11 is 1.23. The van der Waals surface area contributed by atoms with Gasteiger partial charge in [0.25, 0.3) is 5.91 Å². The summed E-state index contributed by atoms with van der Waals surface area (Å²) in [7, 11) is 0. The molecule has 4 atom stereocenters. The minimum absolute atomic E-state index is 0.0627. The molecule has 1 aliphatic heterocycles. The van der Waals surface area contributed by atoms with Crippen molar-refractivity contribution in [1.29, 1.82) is 0 Å². The van der Waals surface area contributed by atoms with Gasteiger partial charge in [0.15, 0.2) is 29.6 Å². The van der Waals surface area contributed by atoms with Crippen LogP contribution >= 0.6 is 11.8 Å². The molecular formula is C33H27F5N2O6S. The highest BCUT2D eigenvalue weighted by atomic mass is 32.2. The van der Waals surface area contributed by atoms with Crippen LogP contribution in [0.5, 0.6) is 0 Å². The number of thioether (sulfide) groups is 1. The van der Waals surface area contributed by atoms with Crippen LogP contribution in [0.3, 0.4) is 0 Å². The van der Waals surface area contributed by atoms with Crippen molar-refractivity contribution in [2.45, 2.75) is 43.6 Å². The summed E-state index contributed by atoms with van der Waals surface area (Å²) in [4.78, 5) is 28.3. The summed E-state index contributed by atoms with van der Waals surface area (Å²) in [5, 5.41) is 21.5. The van der Waals surface area contributed by atoms with E-state index in [9.17, 15) is 41.8 Å². The van der Waals surface area contributed by atoms with Gasteiger partial charge < -0.3 is 25.0 Å². The molecule has 0 bridgehead atoms. The molecule has 2 heterocycles. The van der Waals surface area contributed by atoms with Gasteiger partial charge in [0.05, 0.1) is 24.4 Å². The van der Waals surface area contributed by atoms with E-state index in [0.717, 1.165) is 11.1 Å². The first kappa shape index (κ1) is 34.0. The van der Waals surface area contributed by atoms with E-state index in [2.05, 4.69) is 10.3 Å². The molecule has 1 fully saturated rings. The highest BCUT2D eigenvalue weighted by Crippen LogP contribution is 2.43. The number of pyridine rings is 1. The van der Waals surface area contributed by atoms with Crippen LogP contribution < -0.4 is 5.32 Å². The number of nitrogens with zero attached hydrogens (tertiary/aromatic N) is 1. The SMILES string of the molecule is CC1C(CSc2ncccc2C(=O)O)OC(c2ccc(CNC(=O)c3c(F)c(F)c(F)c(F)c3F)cc2)OC1c1ccc(CO)cc1. The molecule has 5 rings (SSSR count). The van der Waals surface area contributed by atoms with E-state index in [4.69, 9.17) is 9.47 Å². The molecular weight excluding hydrogens is 647 g/mol. The van der Waals surface area contributed by atoms with Crippen LogP contribution in [-0.2, 0) is 22.6 Å². The number of nitrogens with one attached hydrogen (secondary N) is 1. The molecule has 0 aliphatic carbocycles. The van der Waals surface area contributed by atoms with Crippen molar-refractivity contribution in [1.82, 2.24) is 10.3 Å². The van der Waals surface area contributed by atoms with Gasteiger partial charge in [-0.25, -0.2) is 31.7 Å². The fourth-order valence-corrected chi connectivity index (χ4v) is 6.16. The van der Waals surface area contributed by atoms with Gasteiger partial charge in [0, 0.05) is 30.0 Å². The topological polar surface area (TPSA) is 118 Å². The molecule has 3 aromatic carbocycles. The maximum Gasteiger partial charge on any atom is 0.338 e. The average molecular weight is 675 g/mol. The molecule has 0 radical (unpaired) electrons. The van der Waals surface area contributed by atoms with Crippen LogP contribution in [-0.4, -0.2) is 38.9 Å². The molecule has 0 spiro atoms. The standard InChI is InChI=1S/C33H27F5N2O6S/c1-16-22(15-47-31-21(32(43)44)3-2-12-39-31)45-33(46-29(16)19-8-6-18(14-41)7-9-19)20-10-4-17(5-11-20)13-40-30(42)23-24(34)26(36)28(38)27(37)25(23)35/h2-12,16,22,29,33,41H,13-15H2,1H3,(H,40,42)(H,43,44). The highest BCUT2D eigenvalue weighted by molar-refractivity contribution is 7.99. The van der Waals surface area contributed by atoms with Gasteiger partial charge >= 0.3 is 5.97 Å². The molecule has 0 saturated carbocycles. The fourth-order valence-electron chi connectivity index (χ4n) is 5.01. The largest absolute Gasteiger partial charge is 0.478 e. The van der Waals surface area contributed by atoms with Crippen molar-refractivity contribution < 1.29 is 51.2 Å².